The lowest BCUT2D eigenvalue weighted by Crippen LogP contribution is -2.23. The van der Waals surface area contributed by atoms with Gasteiger partial charge in [-0.05, 0) is 31.4 Å². The SMILES string of the molecule is Cc1cccc2cc(-c3noc(C(C)C)n3)c(NC3CCCCC3)nc12. The Balaban J connectivity index is 1.80. The van der Waals surface area contributed by atoms with E-state index in [4.69, 9.17) is 9.51 Å². The van der Waals surface area contributed by atoms with Crippen molar-refractivity contribution in [2.24, 2.45) is 0 Å². The van der Waals surface area contributed by atoms with Crippen molar-refractivity contribution in [3.63, 3.8) is 0 Å². The Kier molecular flexibility index (Phi) is 4.62. The second-order valence-electron chi connectivity index (χ2n) is 7.62. The standard InChI is InChI=1S/C21H26N4O/c1-13(2)21-24-20(25-26-21)17-12-15-9-7-8-14(3)18(15)23-19(17)22-16-10-5-4-6-11-16/h7-9,12-13,16H,4-6,10-11H2,1-3H3,(H,22,23). The molecule has 1 aliphatic carbocycles. The van der Waals surface area contributed by atoms with E-state index in [1.165, 1.54) is 37.7 Å². The number of rotatable bonds is 4. The van der Waals surface area contributed by atoms with Gasteiger partial charge in [0, 0.05) is 17.3 Å². The summed E-state index contributed by atoms with van der Waals surface area (Å²) in [6, 6.07) is 8.85. The van der Waals surface area contributed by atoms with Gasteiger partial charge in [0.05, 0.1) is 11.1 Å². The Bertz CT molecular complexity index is 910. The zero-order chi connectivity index (χ0) is 18.1. The van der Waals surface area contributed by atoms with Crippen LogP contribution in [-0.4, -0.2) is 21.2 Å². The van der Waals surface area contributed by atoms with Crippen LogP contribution in [0.2, 0.25) is 0 Å². The number of pyridine rings is 1. The van der Waals surface area contributed by atoms with Crippen molar-refractivity contribution < 1.29 is 4.52 Å². The number of para-hydroxylation sites is 1. The molecule has 3 aromatic rings. The van der Waals surface area contributed by atoms with Gasteiger partial charge in [0.25, 0.3) is 0 Å². The molecule has 1 saturated carbocycles. The largest absolute Gasteiger partial charge is 0.367 e. The molecular formula is C21H26N4O. The Labute approximate surface area is 154 Å². The monoisotopic (exact) mass is 350 g/mol. The van der Waals surface area contributed by atoms with Crippen LogP contribution in [-0.2, 0) is 0 Å². The van der Waals surface area contributed by atoms with Crippen LogP contribution in [0, 0.1) is 6.92 Å². The number of hydrogen-bond donors (Lipinski definition) is 1. The summed E-state index contributed by atoms with van der Waals surface area (Å²) in [7, 11) is 0. The predicted molar refractivity (Wildman–Crippen MR) is 104 cm³/mol. The second kappa shape index (κ2) is 7.06. The molecule has 5 nitrogen and oxygen atoms in total. The zero-order valence-electron chi connectivity index (χ0n) is 15.7. The predicted octanol–water partition coefficient (Wildman–Crippen LogP) is 5.46. The molecule has 0 unspecified atom stereocenters. The highest BCUT2D eigenvalue weighted by Crippen LogP contribution is 2.32. The highest BCUT2D eigenvalue weighted by atomic mass is 16.5. The van der Waals surface area contributed by atoms with Crippen LogP contribution >= 0.6 is 0 Å². The lowest BCUT2D eigenvalue weighted by molar-refractivity contribution is 0.365. The summed E-state index contributed by atoms with van der Waals surface area (Å²) >= 11 is 0. The molecule has 0 aliphatic heterocycles. The van der Waals surface area contributed by atoms with E-state index in [1.807, 2.05) is 0 Å². The molecule has 0 spiro atoms. The molecule has 4 rings (SSSR count). The van der Waals surface area contributed by atoms with Crippen LogP contribution in [0.3, 0.4) is 0 Å². The van der Waals surface area contributed by atoms with Crippen molar-refractivity contribution in [3.05, 3.63) is 35.7 Å². The summed E-state index contributed by atoms with van der Waals surface area (Å²) in [6.45, 7) is 6.21. The van der Waals surface area contributed by atoms with Gasteiger partial charge in [0.2, 0.25) is 11.7 Å². The van der Waals surface area contributed by atoms with Crippen molar-refractivity contribution in [1.82, 2.24) is 15.1 Å². The van der Waals surface area contributed by atoms with Gasteiger partial charge in [-0.25, -0.2) is 4.98 Å². The van der Waals surface area contributed by atoms with E-state index in [0.29, 0.717) is 17.8 Å². The second-order valence-corrected chi connectivity index (χ2v) is 7.62. The minimum absolute atomic E-state index is 0.210. The smallest absolute Gasteiger partial charge is 0.229 e. The first-order chi connectivity index (χ1) is 12.6. The van der Waals surface area contributed by atoms with Crippen molar-refractivity contribution in [2.45, 2.75) is 64.8 Å². The average Bonchev–Trinajstić information content (AvgIpc) is 3.13. The van der Waals surface area contributed by atoms with Gasteiger partial charge in [-0.2, -0.15) is 4.98 Å². The van der Waals surface area contributed by atoms with Crippen molar-refractivity contribution in [3.8, 4) is 11.4 Å². The molecule has 5 heteroatoms. The van der Waals surface area contributed by atoms with E-state index < -0.39 is 0 Å². The quantitative estimate of drug-likeness (QED) is 0.677. The fraction of sp³-hybridized carbons (Fsp3) is 0.476. The first-order valence-corrected chi connectivity index (χ1v) is 9.62. The number of aryl methyl sites for hydroxylation is 1. The first kappa shape index (κ1) is 17.0. The van der Waals surface area contributed by atoms with Crippen molar-refractivity contribution >= 4 is 16.7 Å². The Morgan fingerprint density at radius 3 is 2.65 bits per heavy atom. The number of nitrogens with zero attached hydrogens (tertiary/aromatic N) is 3. The average molecular weight is 350 g/mol. The minimum Gasteiger partial charge on any atom is -0.367 e. The molecular weight excluding hydrogens is 324 g/mol. The summed E-state index contributed by atoms with van der Waals surface area (Å²) in [5.74, 6) is 2.35. The molecule has 26 heavy (non-hydrogen) atoms. The van der Waals surface area contributed by atoms with Crippen LogP contribution in [0.25, 0.3) is 22.3 Å². The van der Waals surface area contributed by atoms with Gasteiger partial charge in [0.1, 0.15) is 5.82 Å². The van der Waals surface area contributed by atoms with Crippen LogP contribution in [0.1, 0.15) is 63.3 Å². The van der Waals surface area contributed by atoms with Gasteiger partial charge in [-0.15, -0.1) is 0 Å². The molecule has 1 aliphatic rings. The molecule has 1 N–H and O–H groups in total. The Hall–Kier alpha value is -2.43. The van der Waals surface area contributed by atoms with E-state index in [9.17, 15) is 0 Å². The summed E-state index contributed by atoms with van der Waals surface area (Å²) < 4.78 is 5.44. The normalized spacial score (nSPS) is 15.7. The van der Waals surface area contributed by atoms with Crippen LogP contribution in [0.4, 0.5) is 5.82 Å². The third-order valence-corrected chi connectivity index (χ3v) is 5.17. The molecule has 0 bridgehead atoms. The topological polar surface area (TPSA) is 63.8 Å². The molecule has 2 aromatic heterocycles. The summed E-state index contributed by atoms with van der Waals surface area (Å²) in [4.78, 5) is 9.57. The number of aromatic nitrogens is 3. The number of fused-ring (bicyclic) bond motifs is 1. The maximum absolute atomic E-state index is 5.44. The van der Waals surface area contributed by atoms with Gasteiger partial charge in [0.15, 0.2) is 0 Å². The fourth-order valence-corrected chi connectivity index (χ4v) is 3.65. The zero-order valence-corrected chi connectivity index (χ0v) is 15.7. The number of benzene rings is 1. The minimum atomic E-state index is 0.210. The van der Waals surface area contributed by atoms with Crippen molar-refractivity contribution in [2.75, 3.05) is 5.32 Å². The number of nitrogens with one attached hydrogen (secondary N) is 1. The Morgan fingerprint density at radius 1 is 1.12 bits per heavy atom. The van der Waals surface area contributed by atoms with Gasteiger partial charge >= 0.3 is 0 Å². The van der Waals surface area contributed by atoms with E-state index in [1.54, 1.807) is 0 Å². The van der Waals surface area contributed by atoms with Crippen LogP contribution in [0.15, 0.2) is 28.8 Å². The van der Waals surface area contributed by atoms with Gasteiger partial charge < -0.3 is 9.84 Å². The molecule has 0 radical (unpaired) electrons. The fourth-order valence-electron chi connectivity index (χ4n) is 3.65. The Morgan fingerprint density at radius 2 is 1.92 bits per heavy atom. The highest BCUT2D eigenvalue weighted by molar-refractivity contribution is 5.89. The molecule has 0 saturated heterocycles. The maximum atomic E-state index is 5.44. The molecule has 1 aromatic carbocycles. The van der Waals surface area contributed by atoms with E-state index in [2.05, 4.69) is 60.5 Å². The van der Waals surface area contributed by atoms with Crippen LogP contribution < -0.4 is 5.32 Å². The van der Waals surface area contributed by atoms with E-state index >= 15 is 0 Å². The van der Waals surface area contributed by atoms with Gasteiger partial charge in [-0.1, -0.05) is 56.5 Å². The first-order valence-electron chi connectivity index (χ1n) is 9.62. The highest BCUT2D eigenvalue weighted by Gasteiger charge is 2.20. The van der Waals surface area contributed by atoms with E-state index in [-0.39, 0.29) is 5.92 Å². The van der Waals surface area contributed by atoms with Gasteiger partial charge in [-0.3, -0.25) is 0 Å². The molecule has 0 atom stereocenters. The van der Waals surface area contributed by atoms with E-state index in [0.717, 1.165) is 22.3 Å². The summed E-state index contributed by atoms with van der Waals surface area (Å²) in [5.41, 5.74) is 3.13. The van der Waals surface area contributed by atoms with Crippen LogP contribution in [0.5, 0.6) is 0 Å². The van der Waals surface area contributed by atoms with Crippen molar-refractivity contribution in [1.29, 1.82) is 0 Å². The molecule has 136 valence electrons. The maximum Gasteiger partial charge on any atom is 0.229 e. The summed E-state index contributed by atoms with van der Waals surface area (Å²) in [5, 5.41) is 9.00. The lowest BCUT2D eigenvalue weighted by Gasteiger charge is -2.24. The molecule has 1 fully saturated rings. The number of anilines is 1. The summed E-state index contributed by atoms with van der Waals surface area (Å²) in [6.07, 6.45) is 6.27. The lowest BCUT2D eigenvalue weighted by atomic mass is 9.95. The number of hydrogen-bond acceptors (Lipinski definition) is 5. The molecule has 2 heterocycles. The third-order valence-electron chi connectivity index (χ3n) is 5.17. The third kappa shape index (κ3) is 3.30. The molecule has 0 amide bonds.